The highest BCUT2D eigenvalue weighted by Gasteiger charge is 2.18. The van der Waals surface area contributed by atoms with Gasteiger partial charge in [0, 0.05) is 19.8 Å². The quantitative estimate of drug-likeness (QED) is 0.209. The SMILES string of the molecule is C/C=C/C=N\C(NC/C(=C(/N)c1cnc(CC2CCCCC2)c(C)n1)N(C)N)N(C)CC. The van der Waals surface area contributed by atoms with E-state index in [4.69, 9.17) is 21.5 Å². The van der Waals surface area contributed by atoms with Gasteiger partial charge in [0.2, 0.25) is 0 Å². The van der Waals surface area contributed by atoms with E-state index < -0.39 is 0 Å². The summed E-state index contributed by atoms with van der Waals surface area (Å²) >= 11 is 0. The second-order valence-corrected chi connectivity index (χ2v) is 8.62. The monoisotopic (exact) mass is 442 g/mol. The molecule has 1 saturated carbocycles. The van der Waals surface area contributed by atoms with E-state index in [0.717, 1.165) is 36.0 Å². The molecule has 1 heterocycles. The molecule has 0 radical (unpaired) electrons. The summed E-state index contributed by atoms with van der Waals surface area (Å²) in [6, 6.07) is 0. The van der Waals surface area contributed by atoms with Gasteiger partial charge in [0.15, 0.2) is 6.29 Å². The molecule has 0 spiro atoms. The maximum Gasteiger partial charge on any atom is 0.156 e. The molecule has 1 atom stereocenters. The summed E-state index contributed by atoms with van der Waals surface area (Å²) in [5.41, 5.74) is 10.5. The lowest BCUT2D eigenvalue weighted by molar-refractivity contribution is 0.222. The lowest BCUT2D eigenvalue weighted by atomic mass is 9.86. The first-order valence-corrected chi connectivity index (χ1v) is 11.7. The average Bonchev–Trinajstić information content (AvgIpc) is 2.79. The van der Waals surface area contributed by atoms with Crippen molar-refractivity contribution >= 4 is 11.9 Å². The van der Waals surface area contributed by atoms with Crippen LogP contribution >= 0.6 is 0 Å². The van der Waals surface area contributed by atoms with E-state index in [1.807, 2.05) is 33.0 Å². The molecule has 1 aromatic rings. The van der Waals surface area contributed by atoms with Crippen LogP contribution in [0.5, 0.6) is 0 Å². The minimum Gasteiger partial charge on any atom is -0.395 e. The third-order valence-corrected chi connectivity index (χ3v) is 6.14. The molecular weight excluding hydrogens is 400 g/mol. The smallest absolute Gasteiger partial charge is 0.156 e. The highest BCUT2D eigenvalue weighted by molar-refractivity contribution is 5.70. The Balaban J connectivity index is 2.17. The summed E-state index contributed by atoms with van der Waals surface area (Å²) in [6.07, 6.45) is 14.9. The zero-order valence-corrected chi connectivity index (χ0v) is 20.5. The van der Waals surface area contributed by atoms with Gasteiger partial charge in [-0.3, -0.25) is 20.2 Å². The molecule has 8 heteroatoms. The van der Waals surface area contributed by atoms with Gasteiger partial charge >= 0.3 is 0 Å². The number of hydrogen-bond donors (Lipinski definition) is 3. The number of rotatable bonds is 11. The minimum atomic E-state index is -0.190. The van der Waals surface area contributed by atoms with Crippen molar-refractivity contribution in [3.05, 3.63) is 41.1 Å². The van der Waals surface area contributed by atoms with Gasteiger partial charge in [-0.2, -0.15) is 0 Å². The average molecular weight is 443 g/mol. The van der Waals surface area contributed by atoms with E-state index in [1.165, 1.54) is 37.1 Å². The van der Waals surface area contributed by atoms with Crippen LogP contribution in [0.2, 0.25) is 0 Å². The fourth-order valence-electron chi connectivity index (χ4n) is 3.96. The molecule has 2 rings (SSSR count). The molecule has 0 saturated heterocycles. The van der Waals surface area contributed by atoms with Crippen molar-refractivity contribution in [1.29, 1.82) is 0 Å². The molecule has 1 fully saturated rings. The fraction of sp³-hybridized carbons (Fsp3) is 0.625. The molecule has 1 aromatic heterocycles. The Bertz CT molecular complexity index is 793. The van der Waals surface area contributed by atoms with Gasteiger partial charge in [-0.05, 0) is 45.9 Å². The minimum absolute atomic E-state index is 0.190. The molecule has 32 heavy (non-hydrogen) atoms. The number of likely N-dealkylation sites (N-methyl/N-ethyl adjacent to an activating group) is 1. The third-order valence-electron chi connectivity index (χ3n) is 6.14. The Morgan fingerprint density at radius 1 is 1.31 bits per heavy atom. The summed E-state index contributed by atoms with van der Waals surface area (Å²) in [6.45, 7) is 7.38. The summed E-state index contributed by atoms with van der Waals surface area (Å²) < 4.78 is 0. The van der Waals surface area contributed by atoms with Gasteiger partial charge in [0.05, 0.1) is 29.0 Å². The van der Waals surface area contributed by atoms with E-state index in [0.29, 0.717) is 17.9 Å². The number of allylic oxidation sites excluding steroid dienone is 2. The predicted octanol–water partition coefficient (Wildman–Crippen LogP) is 2.81. The van der Waals surface area contributed by atoms with E-state index in [9.17, 15) is 0 Å². The van der Waals surface area contributed by atoms with E-state index in [1.54, 1.807) is 19.5 Å². The molecule has 5 N–H and O–H groups in total. The van der Waals surface area contributed by atoms with Crippen molar-refractivity contribution in [1.82, 2.24) is 25.2 Å². The van der Waals surface area contributed by atoms with Crippen LogP contribution in [0.1, 0.15) is 63.0 Å². The first-order chi connectivity index (χ1) is 15.4. The maximum atomic E-state index is 6.51. The Hall–Kier alpha value is -2.29. The number of hydrogen-bond acceptors (Lipinski definition) is 8. The lowest BCUT2D eigenvalue weighted by Crippen LogP contribution is -2.45. The zero-order valence-electron chi connectivity index (χ0n) is 20.5. The zero-order chi connectivity index (χ0) is 23.5. The van der Waals surface area contributed by atoms with Gasteiger partial charge in [-0.25, -0.2) is 10.8 Å². The summed E-state index contributed by atoms with van der Waals surface area (Å²) in [5, 5.41) is 4.96. The molecule has 1 unspecified atom stereocenters. The molecule has 1 aliphatic rings. The van der Waals surface area contributed by atoms with Gasteiger partial charge in [0.25, 0.3) is 0 Å². The number of aromatic nitrogens is 2. The topological polar surface area (TPSA) is 109 Å². The normalized spacial score (nSPS) is 17.3. The first-order valence-electron chi connectivity index (χ1n) is 11.7. The molecule has 1 aliphatic carbocycles. The Morgan fingerprint density at radius 3 is 2.62 bits per heavy atom. The molecule has 0 aliphatic heterocycles. The fourth-order valence-corrected chi connectivity index (χ4v) is 3.96. The number of nitrogens with zero attached hydrogens (tertiary/aromatic N) is 5. The summed E-state index contributed by atoms with van der Waals surface area (Å²) in [4.78, 5) is 16.2. The third kappa shape index (κ3) is 7.69. The van der Waals surface area contributed by atoms with Crippen molar-refractivity contribution in [2.75, 3.05) is 27.2 Å². The maximum absolute atomic E-state index is 6.51. The van der Waals surface area contributed by atoms with Crippen LogP contribution in [0.3, 0.4) is 0 Å². The van der Waals surface area contributed by atoms with Crippen LogP contribution in [0.25, 0.3) is 5.70 Å². The van der Waals surface area contributed by atoms with Crippen molar-refractivity contribution in [3.8, 4) is 0 Å². The highest BCUT2D eigenvalue weighted by atomic mass is 15.4. The van der Waals surface area contributed by atoms with Gasteiger partial charge < -0.3 is 10.7 Å². The molecule has 178 valence electrons. The molecule has 0 aromatic carbocycles. The highest BCUT2D eigenvalue weighted by Crippen LogP contribution is 2.27. The van der Waals surface area contributed by atoms with Crippen molar-refractivity contribution < 1.29 is 0 Å². The number of hydrazine groups is 1. The van der Waals surface area contributed by atoms with Crippen LogP contribution in [0, 0.1) is 12.8 Å². The summed E-state index contributed by atoms with van der Waals surface area (Å²) in [5.74, 6) is 6.85. The van der Waals surface area contributed by atoms with Crippen LogP contribution in [0.15, 0.2) is 29.0 Å². The van der Waals surface area contributed by atoms with Crippen molar-refractivity contribution in [3.63, 3.8) is 0 Å². The number of nitrogens with two attached hydrogens (primary N) is 2. The number of aliphatic imine (C=N–C) groups is 1. The van der Waals surface area contributed by atoms with Gasteiger partial charge in [-0.1, -0.05) is 45.1 Å². The van der Waals surface area contributed by atoms with E-state index in [2.05, 4.69) is 22.1 Å². The number of nitrogens with one attached hydrogen (secondary N) is 1. The van der Waals surface area contributed by atoms with Gasteiger partial charge in [0.1, 0.15) is 5.69 Å². The van der Waals surface area contributed by atoms with Crippen LogP contribution < -0.4 is 16.9 Å². The molecule has 0 amide bonds. The second kappa shape index (κ2) is 13.3. The molecule has 0 bridgehead atoms. The van der Waals surface area contributed by atoms with Crippen molar-refractivity contribution in [2.24, 2.45) is 22.5 Å². The second-order valence-electron chi connectivity index (χ2n) is 8.62. The van der Waals surface area contributed by atoms with Crippen LogP contribution in [0.4, 0.5) is 0 Å². The number of aryl methyl sites for hydroxylation is 1. The van der Waals surface area contributed by atoms with Crippen LogP contribution in [-0.2, 0) is 6.42 Å². The van der Waals surface area contributed by atoms with Crippen LogP contribution in [-0.4, -0.2) is 59.6 Å². The lowest BCUT2D eigenvalue weighted by Gasteiger charge is -2.27. The van der Waals surface area contributed by atoms with E-state index in [-0.39, 0.29) is 6.29 Å². The Morgan fingerprint density at radius 2 is 2.03 bits per heavy atom. The Labute approximate surface area is 193 Å². The van der Waals surface area contributed by atoms with Crippen molar-refractivity contribution in [2.45, 2.75) is 65.6 Å². The predicted molar refractivity (Wildman–Crippen MR) is 134 cm³/mol. The van der Waals surface area contributed by atoms with Gasteiger partial charge in [-0.15, -0.1) is 0 Å². The standard InChI is InChI=1S/C24H42N8/c1-6-8-14-27-24(31(4)7-2)29-17-22(32(5)26)23(25)21-16-28-20(18(3)30-21)15-19-12-10-9-11-13-19/h6,8,14,16,19,24,29H,7,9-13,15,17,25-26H2,1-5H3/b8-6+,23-22-,27-14-. The largest absolute Gasteiger partial charge is 0.395 e. The summed E-state index contributed by atoms with van der Waals surface area (Å²) in [7, 11) is 3.80. The molecule has 8 nitrogen and oxygen atoms in total. The first kappa shape index (κ1) is 26.0. The Kier molecular flexibility index (Phi) is 10.8. The molecular formula is C24H42N8. The van der Waals surface area contributed by atoms with E-state index >= 15 is 0 Å².